The van der Waals surface area contributed by atoms with E-state index in [0.717, 1.165) is 25.9 Å². The van der Waals surface area contributed by atoms with Crippen molar-refractivity contribution >= 4 is 22.7 Å². The van der Waals surface area contributed by atoms with Gasteiger partial charge in [-0.05, 0) is 18.9 Å². The molecule has 0 saturated carbocycles. The van der Waals surface area contributed by atoms with Crippen LogP contribution in [0.3, 0.4) is 0 Å². The lowest BCUT2D eigenvalue weighted by atomic mass is 10.2. The van der Waals surface area contributed by atoms with Gasteiger partial charge < -0.3 is 9.32 Å². The molecule has 2 heterocycles. The standard InChI is InChI=1S/C12H11N3O4/c16-11-8-4-3-5-9(15(17)18)10(8)19-12(13-11)14-6-1-2-7-14/h3-5H,1-2,6-7H2. The molecule has 0 amide bonds. The highest BCUT2D eigenvalue weighted by Gasteiger charge is 2.21. The zero-order chi connectivity index (χ0) is 13.4. The molecule has 98 valence electrons. The Balaban J connectivity index is 2.25. The fourth-order valence-electron chi connectivity index (χ4n) is 2.25. The van der Waals surface area contributed by atoms with Gasteiger partial charge in [-0.3, -0.25) is 14.9 Å². The summed E-state index contributed by atoms with van der Waals surface area (Å²) in [5, 5.41) is 11.1. The number of benzene rings is 1. The highest BCUT2D eigenvalue weighted by molar-refractivity contribution is 5.84. The second kappa shape index (κ2) is 4.34. The summed E-state index contributed by atoms with van der Waals surface area (Å²) in [6, 6.07) is 4.42. The molecule has 19 heavy (non-hydrogen) atoms. The summed E-state index contributed by atoms with van der Waals surface area (Å²) >= 11 is 0. The zero-order valence-corrected chi connectivity index (χ0v) is 10.0. The molecule has 7 heteroatoms. The Bertz CT molecular complexity index is 704. The molecule has 0 N–H and O–H groups in total. The van der Waals surface area contributed by atoms with Gasteiger partial charge in [0.2, 0.25) is 5.58 Å². The predicted molar refractivity (Wildman–Crippen MR) is 68.4 cm³/mol. The summed E-state index contributed by atoms with van der Waals surface area (Å²) < 4.78 is 5.49. The molecule has 1 aromatic heterocycles. The number of fused-ring (bicyclic) bond motifs is 1. The molecular formula is C12H11N3O4. The number of nitrogens with zero attached hydrogens (tertiary/aromatic N) is 3. The Morgan fingerprint density at radius 3 is 2.74 bits per heavy atom. The first-order valence-electron chi connectivity index (χ1n) is 6.00. The number of nitro groups is 1. The molecule has 0 spiro atoms. The van der Waals surface area contributed by atoms with Crippen LogP contribution in [0.5, 0.6) is 0 Å². The second-order valence-electron chi connectivity index (χ2n) is 4.41. The van der Waals surface area contributed by atoms with E-state index in [1.807, 2.05) is 4.90 Å². The lowest BCUT2D eigenvalue weighted by Crippen LogP contribution is -2.22. The fourth-order valence-corrected chi connectivity index (χ4v) is 2.25. The van der Waals surface area contributed by atoms with Gasteiger partial charge in [0.05, 0.1) is 10.3 Å². The molecule has 7 nitrogen and oxygen atoms in total. The van der Waals surface area contributed by atoms with Crippen LogP contribution in [0.1, 0.15) is 12.8 Å². The largest absolute Gasteiger partial charge is 0.417 e. The van der Waals surface area contributed by atoms with Crippen molar-refractivity contribution in [3.63, 3.8) is 0 Å². The van der Waals surface area contributed by atoms with Gasteiger partial charge in [0, 0.05) is 19.2 Å². The van der Waals surface area contributed by atoms with Gasteiger partial charge in [-0.1, -0.05) is 6.07 Å². The van der Waals surface area contributed by atoms with Gasteiger partial charge in [0.25, 0.3) is 5.56 Å². The Kier molecular flexibility index (Phi) is 2.66. The molecule has 2 aromatic rings. The Labute approximate surface area is 107 Å². The molecule has 0 aliphatic carbocycles. The minimum atomic E-state index is -0.557. The van der Waals surface area contributed by atoms with E-state index in [0.29, 0.717) is 0 Å². The van der Waals surface area contributed by atoms with E-state index < -0.39 is 10.5 Å². The molecule has 0 unspecified atom stereocenters. The summed E-state index contributed by atoms with van der Waals surface area (Å²) in [6.07, 6.45) is 2.00. The van der Waals surface area contributed by atoms with Crippen LogP contribution in [-0.4, -0.2) is 23.0 Å². The minimum Gasteiger partial charge on any atom is -0.417 e. The van der Waals surface area contributed by atoms with Gasteiger partial charge in [-0.15, -0.1) is 0 Å². The average Bonchev–Trinajstić information content (AvgIpc) is 2.91. The van der Waals surface area contributed by atoms with Crippen LogP contribution in [0, 0.1) is 10.1 Å². The first-order valence-corrected chi connectivity index (χ1v) is 6.00. The number of nitro benzene ring substituents is 1. The minimum absolute atomic E-state index is 0.00519. The van der Waals surface area contributed by atoms with Crippen molar-refractivity contribution in [3.8, 4) is 0 Å². The molecule has 1 aliphatic rings. The van der Waals surface area contributed by atoms with Crippen LogP contribution >= 0.6 is 0 Å². The van der Waals surface area contributed by atoms with E-state index >= 15 is 0 Å². The van der Waals surface area contributed by atoms with Crippen molar-refractivity contribution in [3.05, 3.63) is 38.7 Å². The third-order valence-corrected chi connectivity index (χ3v) is 3.19. The lowest BCUT2D eigenvalue weighted by molar-refractivity contribution is -0.383. The number of non-ortho nitro benzene ring substituents is 1. The van der Waals surface area contributed by atoms with Crippen LogP contribution in [0.25, 0.3) is 11.0 Å². The third-order valence-electron chi connectivity index (χ3n) is 3.19. The van der Waals surface area contributed by atoms with E-state index in [2.05, 4.69) is 4.98 Å². The highest BCUT2D eigenvalue weighted by Crippen LogP contribution is 2.27. The van der Waals surface area contributed by atoms with E-state index in [1.54, 1.807) is 0 Å². The van der Waals surface area contributed by atoms with Crippen LogP contribution in [0.15, 0.2) is 27.4 Å². The first-order chi connectivity index (χ1) is 9.16. The lowest BCUT2D eigenvalue weighted by Gasteiger charge is -2.13. The Morgan fingerprint density at radius 2 is 2.05 bits per heavy atom. The number of anilines is 1. The van der Waals surface area contributed by atoms with Crippen molar-refractivity contribution in [1.29, 1.82) is 0 Å². The van der Waals surface area contributed by atoms with E-state index in [4.69, 9.17) is 4.42 Å². The van der Waals surface area contributed by atoms with Gasteiger partial charge in [0.1, 0.15) is 0 Å². The molecular weight excluding hydrogens is 250 g/mol. The first kappa shape index (κ1) is 11.6. The number of para-hydroxylation sites is 1. The zero-order valence-electron chi connectivity index (χ0n) is 10.0. The van der Waals surface area contributed by atoms with Crippen molar-refractivity contribution in [2.24, 2.45) is 0 Å². The molecule has 1 fully saturated rings. The van der Waals surface area contributed by atoms with Crippen LogP contribution in [-0.2, 0) is 0 Å². The van der Waals surface area contributed by atoms with Crippen LogP contribution in [0.4, 0.5) is 11.7 Å². The smallest absolute Gasteiger partial charge is 0.312 e. The summed E-state index contributed by atoms with van der Waals surface area (Å²) in [6.45, 7) is 1.50. The third kappa shape index (κ3) is 1.92. The van der Waals surface area contributed by atoms with Gasteiger partial charge >= 0.3 is 11.7 Å². The predicted octanol–water partition coefficient (Wildman–Crippen LogP) is 1.70. The summed E-state index contributed by atoms with van der Waals surface area (Å²) in [4.78, 5) is 28.0. The molecule has 1 aliphatic heterocycles. The van der Waals surface area contributed by atoms with Crippen LogP contribution in [0.2, 0.25) is 0 Å². The average molecular weight is 261 g/mol. The van der Waals surface area contributed by atoms with Crippen molar-refractivity contribution < 1.29 is 9.34 Å². The van der Waals surface area contributed by atoms with E-state index in [1.165, 1.54) is 18.2 Å². The number of hydrogen-bond donors (Lipinski definition) is 0. The fraction of sp³-hybridized carbons (Fsp3) is 0.333. The van der Waals surface area contributed by atoms with Crippen molar-refractivity contribution in [1.82, 2.24) is 4.98 Å². The SMILES string of the molecule is O=c1nc(N2CCCC2)oc2c([N+](=O)[O-])cccc12. The van der Waals surface area contributed by atoms with Crippen molar-refractivity contribution in [2.45, 2.75) is 12.8 Å². The molecule has 1 saturated heterocycles. The van der Waals surface area contributed by atoms with Gasteiger partial charge in [-0.2, -0.15) is 4.98 Å². The summed E-state index contributed by atoms with van der Waals surface area (Å²) in [7, 11) is 0. The topological polar surface area (TPSA) is 89.5 Å². The summed E-state index contributed by atoms with van der Waals surface area (Å²) in [5.74, 6) is 0. The van der Waals surface area contributed by atoms with Gasteiger partial charge in [0.15, 0.2) is 0 Å². The number of rotatable bonds is 2. The molecule has 1 aromatic carbocycles. The second-order valence-corrected chi connectivity index (χ2v) is 4.41. The molecule has 0 bridgehead atoms. The highest BCUT2D eigenvalue weighted by atomic mass is 16.6. The molecule has 0 atom stereocenters. The van der Waals surface area contributed by atoms with Crippen LogP contribution < -0.4 is 10.5 Å². The summed E-state index contributed by atoms with van der Waals surface area (Å²) in [5.41, 5.74) is -0.710. The normalized spacial score (nSPS) is 15.1. The maximum atomic E-state index is 11.9. The number of hydrogen-bond acceptors (Lipinski definition) is 6. The van der Waals surface area contributed by atoms with Crippen molar-refractivity contribution in [2.75, 3.05) is 18.0 Å². The van der Waals surface area contributed by atoms with E-state index in [-0.39, 0.29) is 22.7 Å². The quantitative estimate of drug-likeness (QED) is 0.603. The van der Waals surface area contributed by atoms with Gasteiger partial charge in [-0.25, -0.2) is 0 Å². The molecule has 0 radical (unpaired) electrons. The maximum absolute atomic E-state index is 11.9. The van der Waals surface area contributed by atoms with E-state index in [9.17, 15) is 14.9 Å². The molecule has 3 rings (SSSR count). The Morgan fingerprint density at radius 1 is 1.32 bits per heavy atom. The monoisotopic (exact) mass is 261 g/mol. The number of aromatic nitrogens is 1. The Hall–Kier alpha value is -2.44. The maximum Gasteiger partial charge on any atom is 0.312 e.